The molecule has 1 unspecified atom stereocenters. The summed E-state index contributed by atoms with van der Waals surface area (Å²) in [6.07, 6.45) is 15.2. The van der Waals surface area contributed by atoms with Gasteiger partial charge >= 0.3 is 0 Å². The second kappa shape index (κ2) is 16.8. The maximum atomic E-state index is 12.2. The van der Waals surface area contributed by atoms with Crippen molar-refractivity contribution in [2.75, 3.05) is 12.4 Å². The fraction of sp³-hybridized carbons (Fsp3) is 0.750. The monoisotopic (exact) mass is 425 g/mol. The van der Waals surface area contributed by atoms with Gasteiger partial charge in [-0.2, -0.15) is 0 Å². The number of unbranched alkanes of at least 4 members (excludes halogenated alkanes) is 10. The summed E-state index contributed by atoms with van der Waals surface area (Å²) in [6, 6.07) is 10.1. The van der Waals surface area contributed by atoms with Crippen molar-refractivity contribution in [1.29, 1.82) is 0 Å². The van der Waals surface area contributed by atoms with E-state index in [1.807, 2.05) is 6.07 Å². The van der Waals surface area contributed by atoms with Crippen LogP contribution in [-0.4, -0.2) is 31.9 Å². The smallest absolute Gasteiger partial charge is 0.211 e. The van der Waals surface area contributed by atoms with Crippen molar-refractivity contribution in [3.05, 3.63) is 35.9 Å². The Balaban J connectivity index is 2.08. The molecule has 0 aliphatic carbocycles. The molecule has 5 heteroatoms. The van der Waals surface area contributed by atoms with Crippen LogP contribution in [0.4, 0.5) is 0 Å². The Morgan fingerprint density at radius 1 is 0.828 bits per heavy atom. The largest absolute Gasteiger partial charge is 0.395 e. The van der Waals surface area contributed by atoms with Crippen LogP contribution < -0.4 is 4.72 Å². The van der Waals surface area contributed by atoms with E-state index in [0.29, 0.717) is 12.8 Å². The summed E-state index contributed by atoms with van der Waals surface area (Å²) < 4.78 is 27.2. The second-order valence-corrected chi connectivity index (χ2v) is 10.1. The molecule has 1 aromatic rings. The predicted molar refractivity (Wildman–Crippen MR) is 124 cm³/mol. The molecule has 0 aliphatic rings. The summed E-state index contributed by atoms with van der Waals surface area (Å²) in [4.78, 5) is 0. The zero-order chi connectivity index (χ0) is 21.2. The van der Waals surface area contributed by atoms with E-state index in [1.165, 1.54) is 37.7 Å². The standard InChI is InChI=1S/C24H43NO3S/c1-2-3-4-5-6-7-10-16-21-29(27,28)25-24(22-26)20-15-9-8-12-17-23-18-13-11-14-19-23/h11,13-14,18-19,24-26H,2-10,12,15-17,20-22H2,1H3. The van der Waals surface area contributed by atoms with Crippen molar-refractivity contribution in [1.82, 2.24) is 4.72 Å². The van der Waals surface area contributed by atoms with Crippen molar-refractivity contribution in [3.8, 4) is 0 Å². The number of aryl methyl sites for hydroxylation is 1. The summed E-state index contributed by atoms with van der Waals surface area (Å²) in [7, 11) is -3.29. The van der Waals surface area contributed by atoms with Crippen molar-refractivity contribution in [3.63, 3.8) is 0 Å². The third-order valence-electron chi connectivity index (χ3n) is 5.44. The summed E-state index contributed by atoms with van der Waals surface area (Å²) in [5.74, 6) is 0.176. The molecule has 0 radical (unpaired) electrons. The number of hydrogen-bond donors (Lipinski definition) is 2. The van der Waals surface area contributed by atoms with Gasteiger partial charge in [0.15, 0.2) is 0 Å². The number of aliphatic hydroxyl groups excluding tert-OH is 1. The Labute approximate surface area is 179 Å². The van der Waals surface area contributed by atoms with E-state index in [-0.39, 0.29) is 18.4 Å². The molecular formula is C24H43NO3S. The summed E-state index contributed by atoms with van der Waals surface area (Å²) in [5, 5.41) is 9.53. The molecule has 1 atom stereocenters. The molecule has 0 heterocycles. The highest BCUT2D eigenvalue weighted by Crippen LogP contribution is 2.12. The Hall–Kier alpha value is -0.910. The lowest BCUT2D eigenvalue weighted by Gasteiger charge is -2.16. The average molecular weight is 426 g/mol. The van der Waals surface area contributed by atoms with E-state index in [9.17, 15) is 13.5 Å². The number of benzene rings is 1. The molecule has 2 N–H and O–H groups in total. The molecular weight excluding hydrogens is 382 g/mol. The highest BCUT2D eigenvalue weighted by molar-refractivity contribution is 7.89. The maximum Gasteiger partial charge on any atom is 0.211 e. The number of hydrogen-bond acceptors (Lipinski definition) is 3. The van der Waals surface area contributed by atoms with E-state index in [2.05, 4.69) is 35.9 Å². The summed E-state index contributed by atoms with van der Waals surface area (Å²) >= 11 is 0. The third-order valence-corrected chi connectivity index (χ3v) is 6.96. The molecule has 0 spiro atoms. The first kappa shape index (κ1) is 26.1. The Morgan fingerprint density at radius 3 is 2.07 bits per heavy atom. The third kappa shape index (κ3) is 14.7. The van der Waals surface area contributed by atoms with Gasteiger partial charge in [0.25, 0.3) is 0 Å². The molecule has 1 rings (SSSR count). The molecule has 0 bridgehead atoms. The predicted octanol–water partition coefficient (Wildman–Crippen LogP) is 5.60. The van der Waals surface area contributed by atoms with Crippen molar-refractivity contribution < 1.29 is 13.5 Å². The Kier molecular flexibility index (Phi) is 15.2. The van der Waals surface area contributed by atoms with Gasteiger partial charge < -0.3 is 5.11 Å². The van der Waals surface area contributed by atoms with Crippen LogP contribution in [0.2, 0.25) is 0 Å². The van der Waals surface area contributed by atoms with Crippen LogP contribution in [0.25, 0.3) is 0 Å². The SMILES string of the molecule is CCCCCCCCCCS(=O)(=O)NC(CO)CCCCCCc1ccccc1. The average Bonchev–Trinajstić information content (AvgIpc) is 2.72. The van der Waals surface area contributed by atoms with Crippen LogP contribution in [0.3, 0.4) is 0 Å². The van der Waals surface area contributed by atoms with Crippen LogP contribution in [0, 0.1) is 0 Å². The number of rotatable bonds is 19. The van der Waals surface area contributed by atoms with Gasteiger partial charge in [0.05, 0.1) is 12.4 Å². The number of aliphatic hydroxyl groups is 1. The van der Waals surface area contributed by atoms with Crippen LogP contribution in [0.15, 0.2) is 30.3 Å². The Morgan fingerprint density at radius 2 is 1.41 bits per heavy atom. The van der Waals surface area contributed by atoms with Gasteiger partial charge in [-0.3, -0.25) is 0 Å². The summed E-state index contributed by atoms with van der Waals surface area (Å²) in [5.41, 5.74) is 1.37. The minimum Gasteiger partial charge on any atom is -0.395 e. The molecule has 168 valence electrons. The molecule has 0 fully saturated rings. The molecule has 0 aliphatic heterocycles. The molecule has 1 aromatic carbocycles. The molecule has 0 saturated carbocycles. The van der Waals surface area contributed by atoms with Gasteiger partial charge in [0, 0.05) is 6.04 Å². The van der Waals surface area contributed by atoms with Crippen LogP contribution in [0.1, 0.15) is 96.0 Å². The van der Waals surface area contributed by atoms with Crippen molar-refractivity contribution in [2.24, 2.45) is 0 Å². The highest BCUT2D eigenvalue weighted by atomic mass is 32.2. The summed E-state index contributed by atoms with van der Waals surface area (Å²) in [6.45, 7) is 2.09. The molecule has 4 nitrogen and oxygen atoms in total. The fourth-order valence-corrected chi connectivity index (χ4v) is 5.05. The van der Waals surface area contributed by atoms with Crippen molar-refractivity contribution in [2.45, 2.75) is 103 Å². The first-order chi connectivity index (χ1) is 14.1. The van der Waals surface area contributed by atoms with Gasteiger partial charge in [0.2, 0.25) is 10.0 Å². The number of nitrogens with one attached hydrogen (secondary N) is 1. The maximum absolute atomic E-state index is 12.2. The van der Waals surface area contributed by atoms with Gasteiger partial charge in [-0.25, -0.2) is 13.1 Å². The van der Waals surface area contributed by atoms with Crippen LogP contribution in [-0.2, 0) is 16.4 Å². The van der Waals surface area contributed by atoms with E-state index >= 15 is 0 Å². The van der Waals surface area contributed by atoms with Gasteiger partial charge in [0.1, 0.15) is 0 Å². The zero-order valence-corrected chi connectivity index (χ0v) is 19.3. The topological polar surface area (TPSA) is 66.4 Å². The molecule has 0 amide bonds. The van der Waals surface area contributed by atoms with Crippen molar-refractivity contribution >= 4 is 10.0 Å². The highest BCUT2D eigenvalue weighted by Gasteiger charge is 2.16. The first-order valence-electron chi connectivity index (χ1n) is 11.7. The zero-order valence-electron chi connectivity index (χ0n) is 18.4. The first-order valence-corrected chi connectivity index (χ1v) is 13.4. The minimum atomic E-state index is -3.29. The van der Waals surface area contributed by atoms with E-state index < -0.39 is 10.0 Å². The van der Waals surface area contributed by atoms with Crippen LogP contribution in [0.5, 0.6) is 0 Å². The van der Waals surface area contributed by atoms with Crippen LogP contribution >= 0.6 is 0 Å². The van der Waals surface area contributed by atoms with E-state index in [1.54, 1.807) is 0 Å². The van der Waals surface area contributed by atoms with Gasteiger partial charge in [-0.15, -0.1) is 0 Å². The van der Waals surface area contributed by atoms with E-state index in [0.717, 1.165) is 44.9 Å². The molecule has 0 saturated heterocycles. The molecule has 0 aromatic heterocycles. The fourth-order valence-electron chi connectivity index (χ4n) is 3.64. The molecule has 29 heavy (non-hydrogen) atoms. The number of sulfonamides is 1. The lowest BCUT2D eigenvalue weighted by atomic mass is 10.0. The lowest BCUT2D eigenvalue weighted by molar-refractivity contribution is 0.247. The Bertz CT molecular complexity index is 589. The van der Waals surface area contributed by atoms with E-state index in [4.69, 9.17) is 0 Å². The normalized spacial score (nSPS) is 12.9. The van der Waals surface area contributed by atoms with Gasteiger partial charge in [-0.1, -0.05) is 101 Å². The lowest BCUT2D eigenvalue weighted by Crippen LogP contribution is -2.38. The minimum absolute atomic E-state index is 0.124. The van der Waals surface area contributed by atoms with Gasteiger partial charge in [-0.05, 0) is 31.2 Å². The quantitative estimate of drug-likeness (QED) is 0.283. The second-order valence-electron chi connectivity index (χ2n) is 8.23.